The largest absolute Gasteiger partial charge is 0.356 e. The number of rotatable bonds is 4. The van der Waals surface area contributed by atoms with Crippen LogP contribution in [0.5, 0.6) is 0 Å². The standard InChI is InChI=1S/C21H22ClN3O2/c1-15(16-6-2-4-8-18(16)22)24-10-12-25(13-11-24)21(26)14-19-17-7-3-5-9-20(17)27-23-19/h2-9,15H,10-14H2,1H3. The first kappa shape index (κ1) is 18.0. The van der Waals surface area contributed by atoms with E-state index in [4.69, 9.17) is 16.1 Å². The number of hydrogen-bond acceptors (Lipinski definition) is 4. The number of hydrogen-bond donors (Lipinski definition) is 0. The van der Waals surface area contributed by atoms with E-state index in [0.29, 0.717) is 18.8 Å². The highest BCUT2D eigenvalue weighted by Crippen LogP contribution is 2.28. The van der Waals surface area contributed by atoms with Crippen LogP contribution < -0.4 is 0 Å². The summed E-state index contributed by atoms with van der Waals surface area (Å²) in [6.07, 6.45) is 0.275. The molecule has 4 rings (SSSR count). The van der Waals surface area contributed by atoms with Crippen LogP contribution in [0.3, 0.4) is 0 Å². The number of halogens is 1. The molecule has 0 spiro atoms. The van der Waals surface area contributed by atoms with Gasteiger partial charge in [0.05, 0.1) is 6.42 Å². The molecule has 1 saturated heterocycles. The molecule has 1 amide bonds. The van der Waals surface area contributed by atoms with Gasteiger partial charge in [-0.15, -0.1) is 0 Å². The average molecular weight is 384 g/mol. The quantitative estimate of drug-likeness (QED) is 0.685. The lowest BCUT2D eigenvalue weighted by Crippen LogP contribution is -2.49. The second kappa shape index (κ2) is 7.71. The van der Waals surface area contributed by atoms with Crippen molar-refractivity contribution in [1.29, 1.82) is 0 Å². The van der Waals surface area contributed by atoms with Crippen molar-refractivity contribution in [3.8, 4) is 0 Å². The molecule has 27 heavy (non-hydrogen) atoms. The molecule has 1 aliphatic rings. The zero-order chi connectivity index (χ0) is 18.8. The normalized spacial score (nSPS) is 16.6. The van der Waals surface area contributed by atoms with Gasteiger partial charge in [0, 0.05) is 42.6 Å². The average Bonchev–Trinajstić information content (AvgIpc) is 3.11. The number of piperazine rings is 1. The molecule has 2 aromatic carbocycles. The molecule has 1 aliphatic heterocycles. The molecule has 1 atom stereocenters. The summed E-state index contributed by atoms with van der Waals surface area (Å²) in [7, 11) is 0. The molecule has 5 nitrogen and oxygen atoms in total. The van der Waals surface area contributed by atoms with Crippen molar-refractivity contribution in [1.82, 2.24) is 15.0 Å². The van der Waals surface area contributed by atoms with E-state index in [-0.39, 0.29) is 18.4 Å². The molecular formula is C21H22ClN3O2. The van der Waals surface area contributed by atoms with Gasteiger partial charge in [0.15, 0.2) is 5.58 Å². The van der Waals surface area contributed by atoms with Crippen LogP contribution in [0.2, 0.25) is 5.02 Å². The Hall–Kier alpha value is -2.37. The second-order valence-electron chi connectivity index (χ2n) is 6.92. The topological polar surface area (TPSA) is 49.6 Å². The number of carbonyl (C=O) groups is 1. The lowest BCUT2D eigenvalue weighted by atomic mass is 10.1. The van der Waals surface area contributed by atoms with Crippen LogP contribution in [0.1, 0.15) is 24.2 Å². The van der Waals surface area contributed by atoms with Gasteiger partial charge in [-0.25, -0.2) is 0 Å². The summed E-state index contributed by atoms with van der Waals surface area (Å²) in [6, 6.07) is 15.8. The predicted molar refractivity (Wildman–Crippen MR) is 106 cm³/mol. The van der Waals surface area contributed by atoms with Gasteiger partial charge in [-0.1, -0.05) is 47.1 Å². The van der Waals surface area contributed by atoms with Gasteiger partial charge >= 0.3 is 0 Å². The fourth-order valence-corrected chi connectivity index (χ4v) is 3.98. The Bertz CT molecular complexity index is 947. The second-order valence-corrected chi connectivity index (χ2v) is 7.32. The van der Waals surface area contributed by atoms with E-state index in [1.807, 2.05) is 47.4 Å². The number of fused-ring (bicyclic) bond motifs is 1. The molecule has 0 radical (unpaired) electrons. The summed E-state index contributed by atoms with van der Waals surface area (Å²) in [5.41, 5.74) is 2.56. The van der Waals surface area contributed by atoms with Crippen LogP contribution in [0.15, 0.2) is 53.1 Å². The summed E-state index contributed by atoms with van der Waals surface area (Å²) < 4.78 is 5.30. The molecule has 0 N–H and O–H groups in total. The number of aromatic nitrogens is 1. The minimum Gasteiger partial charge on any atom is -0.356 e. The molecule has 140 valence electrons. The highest BCUT2D eigenvalue weighted by Gasteiger charge is 2.26. The molecule has 6 heteroatoms. The molecule has 3 aromatic rings. The van der Waals surface area contributed by atoms with Gasteiger partial charge in [0.2, 0.25) is 5.91 Å². The van der Waals surface area contributed by atoms with E-state index >= 15 is 0 Å². The lowest BCUT2D eigenvalue weighted by Gasteiger charge is -2.38. The Kier molecular flexibility index (Phi) is 5.14. The van der Waals surface area contributed by atoms with Crippen LogP contribution in [-0.4, -0.2) is 47.0 Å². The van der Waals surface area contributed by atoms with Crippen molar-refractivity contribution < 1.29 is 9.32 Å². The molecule has 1 aromatic heterocycles. The van der Waals surface area contributed by atoms with Crippen molar-refractivity contribution in [2.24, 2.45) is 0 Å². The third kappa shape index (κ3) is 3.70. The Labute approximate surface area is 163 Å². The fraction of sp³-hybridized carbons (Fsp3) is 0.333. The maximum Gasteiger partial charge on any atom is 0.228 e. The zero-order valence-corrected chi connectivity index (χ0v) is 16.0. The lowest BCUT2D eigenvalue weighted by molar-refractivity contribution is -0.132. The van der Waals surface area contributed by atoms with E-state index in [1.54, 1.807) is 0 Å². The number of para-hydroxylation sites is 1. The molecule has 1 fully saturated rings. The summed E-state index contributed by atoms with van der Waals surface area (Å²) in [5, 5.41) is 5.78. The number of amides is 1. The van der Waals surface area contributed by atoms with Crippen molar-refractivity contribution in [2.45, 2.75) is 19.4 Å². The van der Waals surface area contributed by atoms with Crippen molar-refractivity contribution in [2.75, 3.05) is 26.2 Å². The van der Waals surface area contributed by atoms with Gasteiger partial charge < -0.3 is 9.42 Å². The SMILES string of the molecule is CC(c1ccccc1Cl)N1CCN(C(=O)Cc2noc3ccccc23)CC1. The zero-order valence-electron chi connectivity index (χ0n) is 15.3. The Balaban J connectivity index is 1.37. The van der Waals surface area contributed by atoms with Crippen LogP contribution in [0.4, 0.5) is 0 Å². The number of nitrogens with zero attached hydrogens (tertiary/aromatic N) is 3. The fourth-order valence-electron chi connectivity index (χ4n) is 3.69. The molecule has 0 aliphatic carbocycles. The van der Waals surface area contributed by atoms with Crippen molar-refractivity contribution in [3.63, 3.8) is 0 Å². The maximum atomic E-state index is 12.7. The van der Waals surface area contributed by atoms with E-state index < -0.39 is 0 Å². The number of carbonyl (C=O) groups excluding carboxylic acids is 1. The minimum absolute atomic E-state index is 0.0964. The molecular weight excluding hydrogens is 362 g/mol. The Morgan fingerprint density at radius 2 is 1.81 bits per heavy atom. The molecule has 2 heterocycles. The maximum absolute atomic E-state index is 12.7. The first-order valence-corrected chi connectivity index (χ1v) is 9.61. The molecule has 0 bridgehead atoms. The van der Waals surface area contributed by atoms with E-state index in [0.717, 1.165) is 34.6 Å². The van der Waals surface area contributed by atoms with Gasteiger partial charge in [-0.05, 0) is 30.7 Å². The van der Waals surface area contributed by atoms with Gasteiger partial charge in [0.1, 0.15) is 5.69 Å². The minimum atomic E-state index is 0.0964. The summed E-state index contributed by atoms with van der Waals surface area (Å²) in [6.45, 7) is 5.25. The Morgan fingerprint density at radius 1 is 1.11 bits per heavy atom. The summed E-state index contributed by atoms with van der Waals surface area (Å²) in [5.74, 6) is 0.0964. The Morgan fingerprint density at radius 3 is 2.59 bits per heavy atom. The molecule has 0 saturated carbocycles. The first-order valence-electron chi connectivity index (χ1n) is 9.23. The van der Waals surface area contributed by atoms with E-state index in [9.17, 15) is 4.79 Å². The van der Waals surface area contributed by atoms with Crippen molar-refractivity contribution in [3.05, 3.63) is 64.8 Å². The van der Waals surface area contributed by atoms with Gasteiger partial charge in [-0.2, -0.15) is 0 Å². The van der Waals surface area contributed by atoms with Crippen LogP contribution in [0.25, 0.3) is 11.0 Å². The van der Waals surface area contributed by atoms with E-state index in [1.165, 1.54) is 0 Å². The third-order valence-corrected chi connectivity index (χ3v) is 5.69. The highest BCUT2D eigenvalue weighted by atomic mass is 35.5. The molecule has 1 unspecified atom stereocenters. The van der Waals surface area contributed by atoms with Crippen molar-refractivity contribution >= 4 is 28.5 Å². The predicted octanol–water partition coefficient (Wildman–Crippen LogP) is 3.93. The van der Waals surface area contributed by atoms with Gasteiger partial charge in [0.25, 0.3) is 0 Å². The summed E-state index contributed by atoms with van der Waals surface area (Å²) >= 11 is 6.34. The monoisotopic (exact) mass is 383 g/mol. The van der Waals surface area contributed by atoms with Crippen LogP contribution in [-0.2, 0) is 11.2 Å². The third-order valence-electron chi connectivity index (χ3n) is 5.34. The van der Waals surface area contributed by atoms with Crippen LogP contribution >= 0.6 is 11.6 Å². The first-order chi connectivity index (χ1) is 13.1. The highest BCUT2D eigenvalue weighted by molar-refractivity contribution is 6.31. The smallest absolute Gasteiger partial charge is 0.228 e. The number of benzene rings is 2. The van der Waals surface area contributed by atoms with E-state index in [2.05, 4.69) is 23.0 Å². The van der Waals surface area contributed by atoms with Crippen LogP contribution in [0, 0.1) is 0 Å². The summed E-state index contributed by atoms with van der Waals surface area (Å²) in [4.78, 5) is 17.0. The van der Waals surface area contributed by atoms with Gasteiger partial charge in [-0.3, -0.25) is 9.69 Å².